The van der Waals surface area contributed by atoms with E-state index in [4.69, 9.17) is 9.47 Å². The second-order valence-corrected chi connectivity index (χ2v) is 38.0. The van der Waals surface area contributed by atoms with Crippen molar-refractivity contribution in [2.24, 2.45) is 0 Å². The monoisotopic (exact) mass is 1930 g/mol. The van der Waals surface area contributed by atoms with Gasteiger partial charge in [0.15, 0.2) is 0 Å². The number of nitrogens with zero attached hydrogens (tertiary/aromatic N) is 4. The van der Waals surface area contributed by atoms with Crippen molar-refractivity contribution >= 4 is 80.4 Å². The van der Waals surface area contributed by atoms with Crippen LogP contribution in [-0.4, -0.2) is 0 Å². The van der Waals surface area contributed by atoms with E-state index in [2.05, 4.69) is 385 Å². The SMILES string of the molecule is C=Cc1ccc(Oc2ccc(C3(c4cccc(F)c4)c4ccccc4-c4ccc(N(c5ccc(-c6ccccc6)cc5)c5ccc(N(c6ccc(F)cc6)c6ccc7c(c6)C(c6ccccc6)(c6ccccc6)c6cc(N(c8ccc(F)cc8)c8ccc(N(c9ccc(-c%10ccccc%10)cc9)c9ccc%10c(c9)C(c9ccc(Oc%11ccc(C=C)cc%11)cc9)(c9cccc(F)c9)c9ccccc9-%10)cc8)ccc6-7)cc5)cc43)cc2)cc1. The molecule has 22 aromatic rings. The van der Waals surface area contributed by atoms with Gasteiger partial charge in [0.05, 0.1) is 16.2 Å². The van der Waals surface area contributed by atoms with Crippen molar-refractivity contribution in [3.63, 3.8) is 0 Å². The zero-order valence-corrected chi connectivity index (χ0v) is 81.0. The molecule has 0 fully saturated rings. The fraction of sp³-hybridized carbons (Fsp3) is 0.0216. The lowest BCUT2D eigenvalue weighted by molar-refractivity contribution is 0.482. The minimum absolute atomic E-state index is 0.348. The first-order valence-corrected chi connectivity index (χ1v) is 50.0. The van der Waals surface area contributed by atoms with Crippen LogP contribution in [0.3, 0.4) is 0 Å². The van der Waals surface area contributed by atoms with Gasteiger partial charge in [0.1, 0.15) is 46.3 Å². The molecular weight excluding hydrogens is 1830 g/mol. The van der Waals surface area contributed by atoms with E-state index in [0.29, 0.717) is 23.0 Å². The van der Waals surface area contributed by atoms with Crippen LogP contribution >= 0.6 is 0 Å². The van der Waals surface area contributed by atoms with Crippen molar-refractivity contribution in [3.8, 4) is 78.6 Å². The Morgan fingerprint density at radius 1 is 0.168 bits per heavy atom. The molecule has 2 unspecified atom stereocenters. The molecule has 0 radical (unpaired) electrons. The summed E-state index contributed by atoms with van der Waals surface area (Å²) in [5.74, 6) is 1.24. The Morgan fingerprint density at radius 3 is 0.678 bits per heavy atom. The van der Waals surface area contributed by atoms with Gasteiger partial charge in [-0.25, -0.2) is 17.6 Å². The van der Waals surface area contributed by atoms with Gasteiger partial charge in [-0.3, -0.25) is 0 Å². The van der Waals surface area contributed by atoms with Gasteiger partial charge in [-0.2, -0.15) is 0 Å². The normalized spacial score (nSPS) is 14.1. The van der Waals surface area contributed by atoms with Gasteiger partial charge in [-0.15, -0.1) is 0 Å². The number of rotatable bonds is 26. The molecule has 0 saturated carbocycles. The summed E-state index contributed by atoms with van der Waals surface area (Å²) >= 11 is 0. The van der Waals surface area contributed by atoms with Crippen molar-refractivity contribution in [1.82, 2.24) is 0 Å². The van der Waals surface area contributed by atoms with Crippen molar-refractivity contribution in [2.45, 2.75) is 16.2 Å². The van der Waals surface area contributed by atoms with E-state index in [1.54, 1.807) is 36.4 Å². The molecule has 2 atom stereocenters. The number of ether oxygens (including phenoxy) is 2. The third-order valence-electron chi connectivity index (χ3n) is 29.8. The maximum atomic E-state index is 16.4. The van der Waals surface area contributed by atoms with E-state index in [-0.39, 0.29) is 23.3 Å². The largest absolute Gasteiger partial charge is 0.457 e. The number of halogens is 4. The molecule has 0 bridgehead atoms. The number of hydrogen-bond acceptors (Lipinski definition) is 6. The molecule has 3 aliphatic carbocycles. The average Bonchev–Trinajstić information content (AvgIpc) is 1.54. The molecule has 0 heterocycles. The van der Waals surface area contributed by atoms with Gasteiger partial charge in [0.25, 0.3) is 0 Å². The second kappa shape index (κ2) is 38.2. The Hall–Kier alpha value is -19.2. The van der Waals surface area contributed by atoms with Crippen molar-refractivity contribution in [3.05, 3.63) is 648 Å². The molecule has 22 aromatic carbocycles. The average molecular weight is 1930 g/mol. The zero-order valence-electron chi connectivity index (χ0n) is 81.0. The minimum atomic E-state index is -1.02. The van der Waals surface area contributed by atoms with Crippen LogP contribution in [0.4, 0.5) is 85.8 Å². The standard InChI is InChI=1S/C139H94F4N4O2/c1-3-93-39-75-121(76-40-93)148-123-79-47-101(48-80-123)138(103-31-21-33-107(142)87-103)131-37-19-17-35-125(131)127-83-71-119(91-135(127)138)144(109-55-43-97(44-56-109)95-23-9-5-10-24-95)113-63-67-115(68-64-113)146(111-59-51-105(140)52-60-111)117-73-85-129-130-86-74-118(90-134(130)137(133(129)89-117,99-27-13-7-14-28-99)100-29-15-8-16-30-100)147(112-61-53-106(141)54-62-112)116-69-65-114(66-70-116)145(110-57-45-98(46-58-110)96-25-11-6-12-26-96)120-72-84-128-126-36-18-20-38-132(126)139(136(128)92-120,104-32-22-34-108(143)88-104)102-49-81-124(82-50-102)149-122-77-41-94(4-2)42-78-122/h3-92H,1-2H2. The van der Waals surface area contributed by atoms with Crippen LogP contribution in [0, 0.1) is 23.3 Å². The van der Waals surface area contributed by atoms with Crippen LogP contribution in [0.2, 0.25) is 0 Å². The molecule has 710 valence electrons. The fourth-order valence-electron chi connectivity index (χ4n) is 23.1. The van der Waals surface area contributed by atoms with Crippen molar-refractivity contribution < 1.29 is 27.0 Å². The molecule has 0 N–H and O–H groups in total. The predicted octanol–water partition coefficient (Wildman–Crippen LogP) is 37.4. The highest BCUT2D eigenvalue weighted by atomic mass is 19.1. The Labute approximate surface area is 864 Å². The molecule has 0 amide bonds. The summed E-state index contributed by atoms with van der Waals surface area (Å²) in [5, 5.41) is 0. The van der Waals surface area contributed by atoms with Gasteiger partial charge >= 0.3 is 0 Å². The molecule has 0 aliphatic heterocycles. The van der Waals surface area contributed by atoms with E-state index in [9.17, 15) is 0 Å². The maximum absolute atomic E-state index is 16.4. The third kappa shape index (κ3) is 16.1. The Balaban J connectivity index is 0.611. The van der Waals surface area contributed by atoms with E-state index >= 15 is 17.6 Å². The first-order valence-electron chi connectivity index (χ1n) is 50.0. The van der Waals surface area contributed by atoms with Crippen LogP contribution in [0.15, 0.2) is 547 Å². The van der Waals surface area contributed by atoms with Crippen LogP contribution < -0.4 is 29.1 Å². The summed E-state index contributed by atoms with van der Waals surface area (Å²) in [6, 6.07) is 180. The Kier molecular flexibility index (Phi) is 23.3. The molecular formula is C139H94F4N4O2. The summed E-state index contributed by atoms with van der Waals surface area (Å²) in [6.07, 6.45) is 3.61. The molecule has 10 heteroatoms. The highest BCUT2D eigenvalue weighted by Gasteiger charge is 2.51. The van der Waals surface area contributed by atoms with Crippen LogP contribution in [0.1, 0.15) is 77.9 Å². The maximum Gasteiger partial charge on any atom is 0.127 e. The topological polar surface area (TPSA) is 31.4 Å². The predicted molar refractivity (Wildman–Crippen MR) is 601 cm³/mol. The van der Waals surface area contributed by atoms with Gasteiger partial charge in [-0.05, 0) is 376 Å². The summed E-state index contributed by atoms with van der Waals surface area (Å²) in [5.41, 5.74) is 30.9. The molecule has 25 rings (SSSR count). The molecule has 3 aliphatic rings. The van der Waals surface area contributed by atoms with E-state index in [1.807, 2.05) is 121 Å². The highest BCUT2D eigenvalue weighted by Crippen LogP contribution is 2.63. The van der Waals surface area contributed by atoms with Gasteiger partial charge in [0, 0.05) is 68.2 Å². The van der Waals surface area contributed by atoms with Gasteiger partial charge in [-0.1, -0.05) is 316 Å². The van der Waals surface area contributed by atoms with E-state index in [1.165, 1.54) is 36.4 Å². The van der Waals surface area contributed by atoms with Gasteiger partial charge < -0.3 is 29.1 Å². The Morgan fingerprint density at radius 2 is 0.389 bits per heavy atom. The number of benzene rings is 22. The van der Waals surface area contributed by atoms with Crippen LogP contribution in [0.25, 0.3) is 67.8 Å². The molecule has 0 spiro atoms. The summed E-state index contributed by atoms with van der Waals surface area (Å²) in [7, 11) is 0. The third-order valence-corrected chi connectivity index (χ3v) is 29.8. The Bertz CT molecular complexity index is 8270. The summed E-state index contributed by atoms with van der Waals surface area (Å²) in [6.45, 7) is 7.89. The lowest BCUT2D eigenvalue weighted by atomic mass is 9.67. The first-order chi connectivity index (χ1) is 73.3. The van der Waals surface area contributed by atoms with Gasteiger partial charge in [0.2, 0.25) is 0 Å². The van der Waals surface area contributed by atoms with Crippen LogP contribution in [-0.2, 0) is 16.2 Å². The van der Waals surface area contributed by atoms with E-state index in [0.717, 1.165) is 202 Å². The lowest BCUT2D eigenvalue weighted by Gasteiger charge is -2.36. The van der Waals surface area contributed by atoms with Crippen molar-refractivity contribution in [2.75, 3.05) is 19.6 Å². The molecule has 6 nitrogen and oxygen atoms in total. The minimum Gasteiger partial charge on any atom is -0.457 e. The quantitative estimate of drug-likeness (QED) is 0.0502. The lowest BCUT2D eigenvalue weighted by Crippen LogP contribution is -2.29. The zero-order chi connectivity index (χ0) is 100. The molecule has 0 aromatic heterocycles. The van der Waals surface area contributed by atoms with Crippen molar-refractivity contribution in [1.29, 1.82) is 0 Å². The summed E-state index contributed by atoms with van der Waals surface area (Å²) < 4.78 is 77.4. The second-order valence-electron chi connectivity index (χ2n) is 38.0. The van der Waals surface area contributed by atoms with Crippen LogP contribution in [0.5, 0.6) is 23.0 Å². The number of hydrogen-bond donors (Lipinski definition) is 0. The summed E-state index contributed by atoms with van der Waals surface area (Å²) in [4.78, 5) is 9.00. The highest BCUT2D eigenvalue weighted by molar-refractivity contribution is 5.96. The smallest absolute Gasteiger partial charge is 0.127 e. The number of anilines is 12. The number of fused-ring (bicyclic) bond motifs is 9. The first kappa shape index (κ1) is 91.1. The molecule has 0 saturated heterocycles. The fourth-order valence-corrected chi connectivity index (χ4v) is 23.1. The van der Waals surface area contributed by atoms with E-state index < -0.39 is 16.2 Å². The molecule has 149 heavy (non-hydrogen) atoms.